The second kappa shape index (κ2) is 14.1. The maximum atomic E-state index is 9.00. The van der Waals surface area contributed by atoms with Crippen LogP contribution in [0.1, 0.15) is 60.3 Å². The molecule has 0 fully saturated rings. The first kappa shape index (κ1) is 21.0. The standard InChI is InChI=1S/C15H27N.C2H4O2/c1-13(2)7-5-8-14(3)9-6-10-15(4)11-12-16;1-2(3)4/h7,9,11H,5-6,8,10,12,16H2,1-4H3;1H3,(H,3,4). The Morgan fingerprint density at radius 3 is 1.70 bits per heavy atom. The van der Waals surface area contributed by atoms with E-state index in [1.165, 1.54) is 29.6 Å². The Hall–Kier alpha value is -1.35. The molecule has 0 heterocycles. The van der Waals surface area contributed by atoms with E-state index < -0.39 is 5.97 Å². The second-order valence-electron chi connectivity index (χ2n) is 5.21. The molecular formula is C17H31NO2. The molecule has 0 spiro atoms. The first-order valence-electron chi connectivity index (χ1n) is 7.13. The Morgan fingerprint density at radius 2 is 1.30 bits per heavy atom. The predicted octanol–water partition coefficient (Wildman–Crippen LogP) is 4.46. The first-order chi connectivity index (χ1) is 9.29. The van der Waals surface area contributed by atoms with E-state index >= 15 is 0 Å². The summed E-state index contributed by atoms with van der Waals surface area (Å²) in [6.07, 6.45) is 11.4. The van der Waals surface area contributed by atoms with Gasteiger partial charge in [-0.05, 0) is 53.4 Å². The van der Waals surface area contributed by atoms with Crippen molar-refractivity contribution in [3.63, 3.8) is 0 Å². The van der Waals surface area contributed by atoms with E-state index in [4.69, 9.17) is 15.6 Å². The van der Waals surface area contributed by atoms with Crippen LogP contribution in [0.4, 0.5) is 0 Å². The Bertz CT molecular complexity index is 344. The predicted molar refractivity (Wildman–Crippen MR) is 87.8 cm³/mol. The van der Waals surface area contributed by atoms with Crippen LogP contribution >= 0.6 is 0 Å². The molecule has 0 aliphatic carbocycles. The third kappa shape index (κ3) is 21.9. The van der Waals surface area contributed by atoms with E-state index in [-0.39, 0.29) is 0 Å². The summed E-state index contributed by atoms with van der Waals surface area (Å²) in [5.41, 5.74) is 9.77. The number of carboxylic acid groups (broad SMARTS) is 1. The van der Waals surface area contributed by atoms with E-state index in [0.29, 0.717) is 6.54 Å². The normalized spacial score (nSPS) is 11.5. The Kier molecular flexibility index (Phi) is 14.7. The summed E-state index contributed by atoms with van der Waals surface area (Å²) >= 11 is 0. The average molecular weight is 281 g/mol. The zero-order chi connectivity index (χ0) is 16.0. The molecule has 0 amide bonds. The maximum absolute atomic E-state index is 9.00. The molecule has 3 N–H and O–H groups in total. The van der Waals surface area contributed by atoms with Gasteiger partial charge in [-0.3, -0.25) is 4.79 Å². The minimum atomic E-state index is -0.833. The third-order valence-corrected chi connectivity index (χ3v) is 2.59. The highest BCUT2D eigenvalue weighted by Crippen LogP contribution is 2.10. The lowest BCUT2D eigenvalue weighted by Crippen LogP contribution is -1.94. The molecule has 0 aromatic heterocycles. The Balaban J connectivity index is 0. The van der Waals surface area contributed by atoms with Gasteiger partial charge in [0.25, 0.3) is 5.97 Å². The van der Waals surface area contributed by atoms with E-state index in [0.717, 1.165) is 19.8 Å². The second-order valence-corrected chi connectivity index (χ2v) is 5.21. The van der Waals surface area contributed by atoms with Crippen LogP contribution in [0.2, 0.25) is 0 Å². The van der Waals surface area contributed by atoms with Gasteiger partial charge in [0.05, 0.1) is 0 Å². The summed E-state index contributed by atoms with van der Waals surface area (Å²) in [5.74, 6) is -0.833. The Labute approximate surface area is 124 Å². The lowest BCUT2D eigenvalue weighted by Gasteiger charge is -2.00. The van der Waals surface area contributed by atoms with Crippen molar-refractivity contribution >= 4 is 5.97 Å². The Morgan fingerprint density at radius 1 is 0.900 bits per heavy atom. The summed E-state index contributed by atoms with van der Waals surface area (Å²) in [5, 5.41) is 7.42. The maximum Gasteiger partial charge on any atom is 0.300 e. The van der Waals surface area contributed by atoms with Crippen LogP contribution in [-0.2, 0) is 4.79 Å². The molecule has 0 aromatic carbocycles. The molecule has 0 aliphatic heterocycles. The highest BCUT2D eigenvalue weighted by Gasteiger charge is 1.91. The number of carbonyl (C=O) groups is 1. The zero-order valence-electron chi connectivity index (χ0n) is 13.7. The van der Waals surface area contributed by atoms with Crippen LogP contribution in [0.25, 0.3) is 0 Å². The summed E-state index contributed by atoms with van der Waals surface area (Å²) < 4.78 is 0. The van der Waals surface area contributed by atoms with E-state index in [1.807, 2.05) is 0 Å². The van der Waals surface area contributed by atoms with Crippen LogP contribution in [0.15, 0.2) is 34.9 Å². The molecule has 3 nitrogen and oxygen atoms in total. The van der Waals surface area contributed by atoms with E-state index in [2.05, 4.69) is 45.9 Å². The minimum Gasteiger partial charge on any atom is -0.481 e. The summed E-state index contributed by atoms with van der Waals surface area (Å²) in [6, 6.07) is 0. The number of carboxylic acids is 1. The van der Waals surface area contributed by atoms with Crippen molar-refractivity contribution in [2.75, 3.05) is 6.54 Å². The number of rotatable bonds is 7. The quantitative estimate of drug-likeness (QED) is 0.677. The topological polar surface area (TPSA) is 63.3 Å². The number of nitrogens with two attached hydrogens (primary N) is 1. The van der Waals surface area contributed by atoms with Crippen molar-refractivity contribution < 1.29 is 9.90 Å². The van der Waals surface area contributed by atoms with Crippen LogP contribution in [0, 0.1) is 0 Å². The van der Waals surface area contributed by atoms with Gasteiger partial charge in [-0.1, -0.05) is 34.9 Å². The molecule has 0 saturated carbocycles. The fraction of sp³-hybridized carbons (Fsp3) is 0.588. The van der Waals surface area contributed by atoms with Gasteiger partial charge >= 0.3 is 0 Å². The fourth-order valence-electron chi connectivity index (χ4n) is 1.54. The molecule has 0 aromatic rings. The van der Waals surface area contributed by atoms with Crippen molar-refractivity contribution in [2.24, 2.45) is 5.73 Å². The van der Waals surface area contributed by atoms with E-state index in [1.54, 1.807) is 0 Å². The molecule has 3 heteroatoms. The largest absolute Gasteiger partial charge is 0.481 e. The highest BCUT2D eigenvalue weighted by molar-refractivity contribution is 5.62. The van der Waals surface area contributed by atoms with Crippen LogP contribution in [0.3, 0.4) is 0 Å². The lowest BCUT2D eigenvalue weighted by atomic mass is 10.1. The van der Waals surface area contributed by atoms with Gasteiger partial charge < -0.3 is 10.8 Å². The van der Waals surface area contributed by atoms with Gasteiger partial charge in [0.1, 0.15) is 0 Å². The SMILES string of the molecule is CC(=O)O.CC(C)=CCCC(C)=CCCC(C)=CCN. The third-order valence-electron chi connectivity index (χ3n) is 2.59. The minimum absolute atomic E-state index is 0.662. The monoisotopic (exact) mass is 281 g/mol. The van der Waals surface area contributed by atoms with Gasteiger partial charge in [0, 0.05) is 13.5 Å². The molecule has 116 valence electrons. The van der Waals surface area contributed by atoms with E-state index in [9.17, 15) is 0 Å². The molecule has 20 heavy (non-hydrogen) atoms. The highest BCUT2D eigenvalue weighted by atomic mass is 16.4. The van der Waals surface area contributed by atoms with Gasteiger partial charge in [0.2, 0.25) is 0 Å². The number of aliphatic carboxylic acids is 1. The van der Waals surface area contributed by atoms with Gasteiger partial charge in [-0.2, -0.15) is 0 Å². The van der Waals surface area contributed by atoms with Gasteiger partial charge in [-0.25, -0.2) is 0 Å². The number of hydrogen-bond donors (Lipinski definition) is 2. The van der Waals surface area contributed by atoms with Crippen LogP contribution in [-0.4, -0.2) is 17.6 Å². The molecule has 0 rings (SSSR count). The number of allylic oxidation sites excluding steroid dienone is 5. The molecule has 0 saturated heterocycles. The van der Waals surface area contributed by atoms with Crippen molar-refractivity contribution in [1.29, 1.82) is 0 Å². The molecule has 0 radical (unpaired) electrons. The summed E-state index contributed by atoms with van der Waals surface area (Å²) in [4.78, 5) is 9.00. The first-order valence-corrected chi connectivity index (χ1v) is 7.13. The zero-order valence-corrected chi connectivity index (χ0v) is 13.7. The summed E-state index contributed by atoms with van der Waals surface area (Å²) in [6.45, 7) is 10.4. The van der Waals surface area contributed by atoms with Gasteiger partial charge in [0.15, 0.2) is 0 Å². The fourth-order valence-corrected chi connectivity index (χ4v) is 1.54. The lowest BCUT2D eigenvalue weighted by molar-refractivity contribution is -0.134. The number of hydrogen-bond acceptors (Lipinski definition) is 2. The average Bonchev–Trinajstić information content (AvgIpc) is 2.28. The molecule has 0 atom stereocenters. The van der Waals surface area contributed by atoms with Crippen molar-refractivity contribution in [3.8, 4) is 0 Å². The van der Waals surface area contributed by atoms with Gasteiger partial charge in [-0.15, -0.1) is 0 Å². The molecule has 0 bridgehead atoms. The summed E-state index contributed by atoms with van der Waals surface area (Å²) in [7, 11) is 0. The van der Waals surface area contributed by atoms with Crippen molar-refractivity contribution in [2.45, 2.75) is 60.3 Å². The molecule has 0 aliphatic rings. The van der Waals surface area contributed by atoms with Crippen LogP contribution in [0.5, 0.6) is 0 Å². The smallest absolute Gasteiger partial charge is 0.300 e. The molecule has 0 unspecified atom stereocenters. The molecular weight excluding hydrogens is 250 g/mol. The van der Waals surface area contributed by atoms with Crippen molar-refractivity contribution in [1.82, 2.24) is 0 Å². The van der Waals surface area contributed by atoms with Crippen molar-refractivity contribution in [3.05, 3.63) is 34.9 Å². The van der Waals surface area contributed by atoms with Crippen LogP contribution < -0.4 is 5.73 Å².